The Bertz CT molecular complexity index is 553. The molecule has 0 saturated heterocycles. The molecule has 1 aromatic carbocycles. The van der Waals surface area contributed by atoms with E-state index in [-0.39, 0.29) is 0 Å². The van der Waals surface area contributed by atoms with E-state index in [1.165, 1.54) is 11.1 Å². The molecule has 4 nitrogen and oxygen atoms in total. The van der Waals surface area contributed by atoms with E-state index in [1.54, 1.807) is 25.3 Å². The minimum atomic E-state index is -1.39. The average Bonchev–Trinajstić information content (AvgIpc) is 2.54. The maximum Gasteiger partial charge on any atom is 0.274 e. The van der Waals surface area contributed by atoms with E-state index < -0.39 is 12.1 Å². The molecule has 0 bridgehead atoms. The van der Waals surface area contributed by atoms with Crippen LogP contribution in [0, 0.1) is 0 Å². The molecule has 1 amide bonds. The summed E-state index contributed by atoms with van der Waals surface area (Å²) in [6.45, 7) is 4.03. The summed E-state index contributed by atoms with van der Waals surface area (Å²) in [5.74, 6) is -0.466. The van der Waals surface area contributed by atoms with Gasteiger partial charge in [-0.25, -0.2) is 0 Å². The summed E-state index contributed by atoms with van der Waals surface area (Å²) in [6.07, 6.45) is 4.92. The topological polar surface area (TPSA) is 52.9 Å². The molecule has 0 spiro atoms. The third kappa shape index (κ3) is 7.02. The van der Waals surface area contributed by atoms with Crippen LogP contribution in [0.3, 0.4) is 0 Å². The first-order valence-corrected chi connectivity index (χ1v) is 7.07. The number of nitrogens with zero attached hydrogens (tertiary/aromatic N) is 2. The summed E-state index contributed by atoms with van der Waals surface area (Å²) < 4.78 is 0. The largest absolute Gasteiger partial charge is 0.364 e. The lowest BCUT2D eigenvalue weighted by molar-refractivity contribution is -0.137. The van der Waals surface area contributed by atoms with Crippen molar-refractivity contribution in [1.82, 2.24) is 4.90 Å². The van der Waals surface area contributed by atoms with E-state index in [1.807, 2.05) is 36.4 Å². The number of aliphatic hydroxyl groups is 1. The third-order valence-electron chi connectivity index (χ3n) is 2.62. The molecule has 0 saturated carbocycles. The quantitative estimate of drug-likeness (QED) is 0.799. The molecular formula is C17H19ClN2O2. The molecular weight excluding hydrogens is 300 g/mol. The lowest BCUT2D eigenvalue weighted by Gasteiger charge is -2.16. The Morgan fingerprint density at radius 1 is 1.27 bits per heavy atom. The fourth-order valence-electron chi connectivity index (χ4n) is 1.49. The molecule has 0 aromatic heterocycles. The van der Waals surface area contributed by atoms with Crippen LogP contribution in [-0.4, -0.2) is 41.9 Å². The standard InChI is InChI=1S/C11H13ClN2O2.C6H6/c1-8-6-9(12)4-3-5-14(2)11(16)10(15)13-7-8;1-2-4-6-5-3-1/h3-4,6-7,10,15H,1,5H2,2H3;1-6H/b4-3-,9-6+,13-7-;. The summed E-state index contributed by atoms with van der Waals surface area (Å²) in [4.78, 5) is 16.6. The molecule has 0 aliphatic carbocycles. The molecule has 1 heterocycles. The smallest absolute Gasteiger partial charge is 0.274 e. The van der Waals surface area contributed by atoms with E-state index in [0.717, 1.165) is 0 Å². The first-order valence-electron chi connectivity index (χ1n) is 6.69. The monoisotopic (exact) mass is 318 g/mol. The number of carbonyl (C=O) groups excluding carboxylic acids is 1. The number of rotatable bonds is 0. The van der Waals surface area contributed by atoms with Crippen LogP contribution in [0.1, 0.15) is 0 Å². The molecule has 1 aliphatic rings. The van der Waals surface area contributed by atoms with Crippen molar-refractivity contribution in [2.24, 2.45) is 4.99 Å². The second-order valence-corrected chi connectivity index (χ2v) is 4.97. The number of allylic oxidation sites excluding steroid dienone is 4. The van der Waals surface area contributed by atoms with Crippen LogP contribution < -0.4 is 0 Å². The number of likely N-dealkylation sites (N-methyl/N-ethyl adjacent to an activating group) is 1. The molecule has 116 valence electrons. The molecule has 1 aromatic rings. The molecule has 1 aliphatic heterocycles. The fraction of sp³-hybridized carbons (Fsp3) is 0.176. The van der Waals surface area contributed by atoms with Crippen molar-refractivity contribution in [3.63, 3.8) is 0 Å². The van der Waals surface area contributed by atoms with Gasteiger partial charge in [0.2, 0.25) is 6.23 Å². The summed E-state index contributed by atoms with van der Waals surface area (Å²) >= 11 is 5.87. The summed E-state index contributed by atoms with van der Waals surface area (Å²) in [5.41, 5.74) is 0.519. The molecule has 2 rings (SSSR count). The molecule has 0 radical (unpaired) electrons. The highest BCUT2D eigenvalue weighted by Crippen LogP contribution is 2.08. The predicted octanol–water partition coefficient (Wildman–Crippen LogP) is 2.77. The highest BCUT2D eigenvalue weighted by atomic mass is 35.5. The summed E-state index contributed by atoms with van der Waals surface area (Å²) in [7, 11) is 1.58. The van der Waals surface area contributed by atoms with Crippen LogP contribution in [0.2, 0.25) is 0 Å². The van der Waals surface area contributed by atoms with Gasteiger partial charge in [-0.3, -0.25) is 9.79 Å². The Morgan fingerprint density at radius 2 is 1.82 bits per heavy atom. The average molecular weight is 319 g/mol. The molecule has 5 heteroatoms. The van der Waals surface area contributed by atoms with Crippen LogP contribution in [0.5, 0.6) is 0 Å². The number of halogens is 1. The number of hydrogen-bond donors (Lipinski definition) is 1. The number of carbonyl (C=O) groups is 1. The Hall–Kier alpha value is -2.17. The van der Waals surface area contributed by atoms with Gasteiger partial charge in [0, 0.05) is 24.8 Å². The Labute approximate surface area is 135 Å². The van der Waals surface area contributed by atoms with Crippen LogP contribution >= 0.6 is 11.6 Å². The van der Waals surface area contributed by atoms with Gasteiger partial charge in [-0.2, -0.15) is 0 Å². The van der Waals surface area contributed by atoms with Crippen LogP contribution in [0.25, 0.3) is 0 Å². The van der Waals surface area contributed by atoms with E-state index in [0.29, 0.717) is 17.2 Å². The highest BCUT2D eigenvalue weighted by molar-refractivity contribution is 6.31. The van der Waals surface area contributed by atoms with Crippen molar-refractivity contribution in [2.75, 3.05) is 13.6 Å². The molecule has 0 fully saturated rings. The second kappa shape index (κ2) is 9.71. The zero-order valence-corrected chi connectivity index (χ0v) is 13.1. The van der Waals surface area contributed by atoms with Gasteiger partial charge in [-0.1, -0.05) is 60.7 Å². The van der Waals surface area contributed by atoms with E-state index in [4.69, 9.17) is 11.6 Å². The van der Waals surface area contributed by atoms with E-state index in [9.17, 15) is 9.90 Å². The van der Waals surface area contributed by atoms with Crippen LogP contribution in [0.15, 0.2) is 76.8 Å². The maximum atomic E-state index is 11.5. The van der Waals surface area contributed by atoms with Gasteiger partial charge < -0.3 is 10.0 Å². The number of amides is 1. The van der Waals surface area contributed by atoms with Gasteiger partial charge in [0.15, 0.2) is 0 Å². The zero-order valence-electron chi connectivity index (χ0n) is 12.4. The van der Waals surface area contributed by atoms with Crippen molar-refractivity contribution >= 4 is 23.7 Å². The van der Waals surface area contributed by atoms with E-state index in [2.05, 4.69) is 11.6 Å². The fourth-order valence-corrected chi connectivity index (χ4v) is 1.72. The van der Waals surface area contributed by atoms with Gasteiger partial charge in [0.1, 0.15) is 0 Å². The first kappa shape index (κ1) is 17.9. The van der Waals surface area contributed by atoms with Crippen molar-refractivity contribution in [3.05, 3.63) is 71.8 Å². The van der Waals surface area contributed by atoms with Crippen LogP contribution in [0.4, 0.5) is 0 Å². The second-order valence-electron chi connectivity index (χ2n) is 4.53. The zero-order chi connectivity index (χ0) is 16.4. The van der Waals surface area contributed by atoms with Gasteiger partial charge in [0.25, 0.3) is 5.91 Å². The Balaban J connectivity index is 0.000000335. The molecule has 1 N–H and O–H groups in total. The first-order chi connectivity index (χ1) is 10.5. The highest BCUT2D eigenvalue weighted by Gasteiger charge is 2.16. The lowest BCUT2D eigenvalue weighted by atomic mass is 10.3. The summed E-state index contributed by atoms with van der Waals surface area (Å²) in [6, 6.07) is 12.0. The molecule has 22 heavy (non-hydrogen) atoms. The third-order valence-corrected chi connectivity index (χ3v) is 2.86. The Morgan fingerprint density at radius 3 is 2.36 bits per heavy atom. The summed E-state index contributed by atoms with van der Waals surface area (Å²) in [5, 5.41) is 9.93. The van der Waals surface area contributed by atoms with Gasteiger partial charge in [-0.05, 0) is 17.7 Å². The van der Waals surface area contributed by atoms with Crippen molar-refractivity contribution in [1.29, 1.82) is 0 Å². The van der Waals surface area contributed by atoms with Gasteiger partial charge in [0.05, 0.1) is 0 Å². The Kier molecular flexibility index (Phi) is 7.89. The van der Waals surface area contributed by atoms with Crippen molar-refractivity contribution < 1.29 is 9.90 Å². The minimum Gasteiger partial charge on any atom is -0.364 e. The predicted molar refractivity (Wildman–Crippen MR) is 90.8 cm³/mol. The van der Waals surface area contributed by atoms with Gasteiger partial charge >= 0.3 is 0 Å². The van der Waals surface area contributed by atoms with Crippen LogP contribution in [-0.2, 0) is 4.79 Å². The number of benzene rings is 1. The van der Waals surface area contributed by atoms with Gasteiger partial charge in [-0.15, -0.1) is 0 Å². The molecule has 1 atom stereocenters. The molecule has 1 unspecified atom stereocenters. The number of aliphatic hydroxyl groups excluding tert-OH is 1. The number of aliphatic imine (C=N–C) groups is 1. The SMILES string of the molecule is C=C1/C=N\C(O)C(=O)N(C)C/C=C\C(Cl)=C/1.c1ccccc1. The number of hydrogen-bond acceptors (Lipinski definition) is 3. The van der Waals surface area contributed by atoms with Crippen molar-refractivity contribution in [2.45, 2.75) is 6.23 Å². The minimum absolute atomic E-state index is 0.363. The normalized spacial score (nSPS) is 24.2. The lowest BCUT2D eigenvalue weighted by Crippen LogP contribution is -2.35. The maximum absolute atomic E-state index is 11.5. The van der Waals surface area contributed by atoms with Crippen molar-refractivity contribution in [3.8, 4) is 0 Å². The van der Waals surface area contributed by atoms with E-state index >= 15 is 0 Å².